The summed E-state index contributed by atoms with van der Waals surface area (Å²) >= 11 is 0. The van der Waals surface area contributed by atoms with Gasteiger partial charge < -0.3 is 19.7 Å². The molecule has 4 rings (SSSR count). The lowest BCUT2D eigenvalue weighted by Gasteiger charge is -2.43. The van der Waals surface area contributed by atoms with E-state index in [0.717, 1.165) is 0 Å². The first kappa shape index (κ1) is 18.9. The Hall–Kier alpha value is -2.39. The van der Waals surface area contributed by atoms with Gasteiger partial charge >= 0.3 is 0 Å². The lowest BCUT2D eigenvalue weighted by Crippen LogP contribution is -2.69. The first-order valence-corrected chi connectivity index (χ1v) is 9.62. The van der Waals surface area contributed by atoms with Crippen molar-refractivity contribution in [2.24, 2.45) is 0 Å². The molecule has 3 heterocycles. The van der Waals surface area contributed by atoms with Crippen LogP contribution in [0.4, 0.5) is 4.39 Å². The fraction of sp³-hybridized carbons (Fsp3) is 0.579. The van der Waals surface area contributed by atoms with E-state index in [1.165, 1.54) is 0 Å². The monoisotopic (exact) mass is 392 g/mol. The van der Waals surface area contributed by atoms with E-state index >= 15 is 0 Å². The topological polar surface area (TPSA) is 83.1 Å². The van der Waals surface area contributed by atoms with E-state index in [4.69, 9.17) is 9.47 Å². The van der Waals surface area contributed by atoms with Crippen LogP contribution in [-0.2, 0) is 9.59 Å². The smallest absolute Gasteiger partial charge is 0.258 e. The highest BCUT2D eigenvalue weighted by atomic mass is 19.1. The third-order valence-corrected chi connectivity index (χ3v) is 5.39. The molecule has 9 heteroatoms. The van der Waals surface area contributed by atoms with Gasteiger partial charge in [-0.15, -0.1) is 0 Å². The number of ether oxygens (including phenoxy) is 2. The first-order valence-electron chi connectivity index (χ1n) is 9.62. The summed E-state index contributed by atoms with van der Waals surface area (Å²) < 4.78 is 25.2. The molecule has 1 aromatic rings. The number of nitrogens with zero attached hydrogens (tertiary/aromatic N) is 2. The third kappa shape index (κ3) is 3.90. The van der Waals surface area contributed by atoms with E-state index in [1.54, 1.807) is 11.8 Å². The van der Waals surface area contributed by atoms with Crippen molar-refractivity contribution in [1.82, 2.24) is 20.4 Å². The van der Waals surface area contributed by atoms with Crippen LogP contribution >= 0.6 is 0 Å². The van der Waals surface area contributed by atoms with Crippen LogP contribution in [-0.4, -0.2) is 79.0 Å². The predicted molar refractivity (Wildman–Crippen MR) is 98.5 cm³/mol. The van der Waals surface area contributed by atoms with Crippen molar-refractivity contribution in [2.75, 3.05) is 32.8 Å². The van der Waals surface area contributed by atoms with Crippen molar-refractivity contribution >= 4 is 11.8 Å². The highest BCUT2D eigenvalue weighted by Crippen LogP contribution is 2.31. The van der Waals surface area contributed by atoms with E-state index < -0.39 is 24.4 Å². The van der Waals surface area contributed by atoms with Crippen LogP contribution in [0.5, 0.6) is 11.5 Å². The zero-order valence-corrected chi connectivity index (χ0v) is 15.8. The highest BCUT2D eigenvalue weighted by molar-refractivity contribution is 5.82. The standard InChI is InChI=1S/C19H25FN4O4/c1-12-17(20)18(26)22-19(21-12)24-8-6-23(7-9-24)16(25)10-13-11-27-14-4-2-3-5-15(14)28-13/h2-5,12-13,17,19,21H,6-11H2,1H3,(H,22,26). The number of benzene rings is 1. The van der Waals surface area contributed by atoms with Crippen molar-refractivity contribution in [2.45, 2.75) is 38.0 Å². The molecule has 3 aliphatic rings. The Labute approximate surface area is 162 Å². The molecule has 0 spiro atoms. The fourth-order valence-electron chi connectivity index (χ4n) is 3.73. The number of hydrogen-bond acceptors (Lipinski definition) is 6. The number of rotatable bonds is 3. The van der Waals surface area contributed by atoms with E-state index in [9.17, 15) is 14.0 Å². The quantitative estimate of drug-likeness (QED) is 0.759. The summed E-state index contributed by atoms with van der Waals surface area (Å²) in [5.74, 6) is 0.789. The number of amides is 2. The zero-order valence-electron chi connectivity index (χ0n) is 15.8. The largest absolute Gasteiger partial charge is 0.486 e. The molecule has 28 heavy (non-hydrogen) atoms. The van der Waals surface area contributed by atoms with Crippen LogP contribution < -0.4 is 20.1 Å². The summed E-state index contributed by atoms with van der Waals surface area (Å²) in [6.45, 7) is 4.29. The normalized spacial score (nSPS) is 30.6. The Bertz CT molecular complexity index is 740. The molecular formula is C19H25FN4O4. The zero-order chi connectivity index (χ0) is 19.7. The maximum Gasteiger partial charge on any atom is 0.258 e. The summed E-state index contributed by atoms with van der Waals surface area (Å²) in [7, 11) is 0. The van der Waals surface area contributed by atoms with E-state index in [0.29, 0.717) is 44.3 Å². The van der Waals surface area contributed by atoms with Crippen molar-refractivity contribution in [3.63, 3.8) is 0 Å². The van der Waals surface area contributed by atoms with Crippen LogP contribution in [0, 0.1) is 0 Å². The molecule has 2 amide bonds. The van der Waals surface area contributed by atoms with Gasteiger partial charge in [-0.05, 0) is 19.1 Å². The molecule has 2 saturated heterocycles. The highest BCUT2D eigenvalue weighted by Gasteiger charge is 2.37. The van der Waals surface area contributed by atoms with Gasteiger partial charge in [-0.25, -0.2) is 4.39 Å². The molecule has 2 fully saturated rings. The fourth-order valence-corrected chi connectivity index (χ4v) is 3.73. The molecule has 0 aromatic heterocycles. The summed E-state index contributed by atoms with van der Waals surface area (Å²) in [6, 6.07) is 6.89. The van der Waals surface area contributed by atoms with Crippen LogP contribution in [0.3, 0.4) is 0 Å². The molecule has 0 radical (unpaired) electrons. The molecular weight excluding hydrogens is 367 g/mol. The van der Waals surface area contributed by atoms with Crippen molar-refractivity contribution in [3.05, 3.63) is 24.3 Å². The Morgan fingerprint density at radius 2 is 1.93 bits per heavy atom. The Morgan fingerprint density at radius 3 is 2.64 bits per heavy atom. The minimum absolute atomic E-state index is 0.0189. The first-order chi connectivity index (χ1) is 13.5. The number of alkyl halides is 1. The number of fused-ring (bicyclic) bond motifs is 1. The second kappa shape index (κ2) is 7.92. The maximum atomic E-state index is 13.6. The van der Waals surface area contributed by atoms with Crippen molar-refractivity contribution in [1.29, 1.82) is 0 Å². The summed E-state index contributed by atoms with van der Waals surface area (Å²) in [5, 5.41) is 5.71. The van der Waals surface area contributed by atoms with Crippen LogP contribution in [0.15, 0.2) is 24.3 Å². The summed E-state index contributed by atoms with van der Waals surface area (Å²) in [5.41, 5.74) is 0. The molecule has 2 N–H and O–H groups in total. The average Bonchev–Trinajstić information content (AvgIpc) is 2.71. The average molecular weight is 392 g/mol. The van der Waals surface area contributed by atoms with Gasteiger partial charge in [-0.3, -0.25) is 19.8 Å². The Balaban J connectivity index is 1.26. The molecule has 4 atom stereocenters. The van der Waals surface area contributed by atoms with Gasteiger partial charge in [0.05, 0.1) is 6.42 Å². The molecule has 0 bridgehead atoms. The van der Waals surface area contributed by atoms with Gasteiger partial charge in [0.15, 0.2) is 17.7 Å². The number of para-hydroxylation sites is 2. The number of hydrogen-bond donors (Lipinski definition) is 2. The molecule has 0 aliphatic carbocycles. The molecule has 8 nitrogen and oxygen atoms in total. The predicted octanol–water partition coefficient (Wildman–Crippen LogP) is 0.0903. The second-order valence-electron chi connectivity index (χ2n) is 7.39. The van der Waals surface area contributed by atoms with Gasteiger partial charge in [0.2, 0.25) is 5.91 Å². The maximum absolute atomic E-state index is 13.6. The van der Waals surface area contributed by atoms with Gasteiger partial charge in [0.25, 0.3) is 5.91 Å². The van der Waals surface area contributed by atoms with E-state index in [2.05, 4.69) is 10.6 Å². The number of nitrogens with one attached hydrogen (secondary N) is 2. The molecule has 4 unspecified atom stereocenters. The number of halogens is 1. The number of piperazine rings is 1. The van der Waals surface area contributed by atoms with E-state index in [-0.39, 0.29) is 18.4 Å². The number of carbonyl (C=O) groups excluding carboxylic acids is 2. The summed E-state index contributed by atoms with van der Waals surface area (Å²) in [4.78, 5) is 28.2. The molecule has 3 aliphatic heterocycles. The van der Waals surface area contributed by atoms with Gasteiger partial charge in [0.1, 0.15) is 19.0 Å². The Kier molecular flexibility index (Phi) is 5.36. The van der Waals surface area contributed by atoms with Gasteiger partial charge in [-0.2, -0.15) is 0 Å². The third-order valence-electron chi connectivity index (χ3n) is 5.39. The van der Waals surface area contributed by atoms with Crippen molar-refractivity contribution in [3.8, 4) is 11.5 Å². The number of carbonyl (C=O) groups is 2. The minimum Gasteiger partial charge on any atom is -0.486 e. The van der Waals surface area contributed by atoms with Gasteiger partial charge in [0, 0.05) is 32.2 Å². The van der Waals surface area contributed by atoms with E-state index in [1.807, 2.05) is 29.2 Å². The van der Waals surface area contributed by atoms with Crippen molar-refractivity contribution < 1.29 is 23.5 Å². The van der Waals surface area contributed by atoms with Crippen LogP contribution in [0.2, 0.25) is 0 Å². The second-order valence-corrected chi connectivity index (χ2v) is 7.39. The SMILES string of the molecule is CC1NC(N2CCN(C(=O)CC3COc4ccccc4O3)CC2)NC(=O)C1F. The summed E-state index contributed by atoms with van der Waals surface area (Å²) in [6.07, 6.45) is -1.99. The van der Waals surface area contributed by atoms with Crippen LogP contribution in [0.1, 0.15) is 13.3 Å². The Morgan fingerprint density at radius 1 is 1.21 bits per heavy atom. The lowest BCUT2D eigenvalue weighted by molar-refractivity contribution is -0.139. The van der Waals surface area contributed by atoms with Gasteiger partial charge in [-0.1, -0.05) is 12.1 Å². The minimum atomic E-state index is -1.54. The molecule has 1 aromatic carbocycles. The lowest BCUT2D eigenvalue weighted by atomic mass is 10.1. The van der Waals surface area contributed by atoms with Crippen LogP contribution in [0.25, 0.3) is 0 Å². The molecule has 0 saturated carbocycles. The molecule has 152 valence electrons.